The number of hydrogen-bond acceptors (Lipinski definition) is 3. The van der Waals surface area contributed by atoms with Crippen LogP contribution in [0.15, 0.2) is 30.5 Å². The number of rotatable bonds is 5. The Hall–Kier alpha value is -2.10. The Labute approximate surface area is 113 Å². The Kier molecular flexibility index (Phi) is 4.34. The smallest absolute Gasteiger partial charge is 0.216 e. The molecule has 0 saturated heterocycles. The maximum Gasteiger partial charge on any atom is 0.216 e. The molecule has 2 aromatic rings. The van der Waals surface area contributed by atoms with Gasteiger partial charge in [-0.25, -0.2) is 0 Å². The van der Waals surface area contributed by atoms with Crippen molar-refractivity contribution in [1.82, 2.24) is 10.3 Å². The van der Waals surface area contributed by atoms with Crippen molar-refractivity contribution < 1.29 is 4.79 Å². The Balaban J connectivity index is 2.00. The van der Waals surface area contributed by atoms with E-state index < -0.39 is 0 Å². The largest absolute Gasteiger partial charge is 0.384 e. The van der Waals surface area contributed by atoms with E-state index in [1.54, 1.807) is 0 Å². The summed E-state index contributed by atoms with van der Waals surface area (Å²) in [5.74, 6) is 0.0185. The van der Waals surface area contributed by atoms with Gasteiger partial charge in [0.1, 0.15) is 0 Å². The van der Waals surface area contributed by atoms with Gasteiger partial charge in [-0.15, -0.1) is 0 Å². The van der Waals surface area contributed by atoms with E-state index in [-0.39, 0.29) is 5.91 Å². The highest BCUT2D eigenvalue weighted by Gasteiger charge is 2.01. The van der Waals surface area contributed by atoms with E-state index in [4.69, 9.17) is 0 Å². The molecule has 100 valence electrons. The van der Waals surface area contributed by atoms with Crippen LogP contribution in [0.3, 0.4) is 0 Å². The molecule has 0 atom stereocenters. The van der Waals surface area contributed by atoms with Crippen LogP contribution in [0, 0.1) is 6.92 Å². The Morgan fingerprint density at radius 1 is 1.26 bits per heavy atom. The molecular formula is C15H19N3O. The quantitative estimate of drug-likeness (QED) is 0.809. The highest BCUT2D eigenvalue weighted by molar-refractivity contribution is 5.91. The molecule has 0 saturated carbocycles. The number of nitrogens with one attached hydrogen (secondary N) is 2. The van der Waals surface area contributed by atoms with Gasteiger partial charge in [0.25, 0.3) is 0 Å². The Bertz CT molecular complexity index is 581. The van der Waals surface area contributed by atoms with Crippen LogP contribution < -0.4 is 10.6 Å². The third-order valence-corrected chi connectivity index (χ3v) is 2.94. The lowest BCUT2D eigenvalue weighted by Gasteiger charge is -2.10. The first-order valence-electron chi connectivity index (χ1n) is 6.50. The SMILES string of the molecule is CC(=O)NCCCNc1ccnc2ccc(C)cc12. The van der Waals surface area contributed by atoms with Gasteiger partial charge in [0, 0.05) is 37.3 Å². The number of amides is 1. The van der Waals surface area contributed by atoms with Crippen LogP contribution in [-0.4, -0.2) is 24.0 Å². The lowest BCUT2D eigenvalue weighted by Crippen LogP contribution is -2.22. The molecule has 0 fully saturated rings. The molecule has 2 rings (SSSR count). The summed E-state index contributed by atoms with van der Waals surface area (Å²) in [7, 11) is 0. The maximum atomic E-state index is 10.7. The molecule has 1 aromatic heterocycles. The average molecular weight is 257 g/mol. The zero-order chi connectivity index (χ0) is 13.7. The number of fused-ring (bicyclic) bond motifs is 1. The molecule has 0 aliphatic carbocycles. The van der Waals surface area contributed by atoms with Crippen LogP contribution in [-0.2, 0) is 4.79 Å². The molecule has 0 bridgehead atoms. The highest BCUT2D eigenvalue weighted by atomic mass is 16.1. The molecule has 0 radical (unpaired) electrons. The minimum Gasteiger partial charge on any atom is -0.384 e. The van der Waals surface area contributed by atoms with Gasteiger partial charge in [0.2, 0.25) is 5.91 Å². The summed E-state index contributed by atoms with van der Waals surface area (Å²) < 4.78 is 0. The number of carbonyl (C=O) groups is 1. The summed E-state index contributed by atoms with van der Waals surface area (Å²) in [6.07, 6.45) is 2.71. The highest BCUT2D eigenvalue weighted by Crippen LogP contribution is 2.22. The number of pyridine rings is 1. The van der Waals surface area contributed by atoms with Gasteiger partial charge >= 0.3 is 0 Å². The zero-order valence-electron chi connectivity index (χ0n) is 11.4. The second-order valence-corrected chi connectivity index (χ2v) is 4.64. The first kappa shape index (κ1) is 13.3. The summed E-state index contributed by atoms with van der Waals surface area (Å²) in [4.78, 5) is 15.1. The van der Waals surface area contributed by atoms with E-state index in [2.05, 4.69) is 34.7 Å². The van der Waals surface area contributed by atoms with Gasteiger partial charge in [0.15, 0.2) is 0 Å². The van der Waals surface area contributed by atoms with Crippen molar-refractivity contribution >= 4 is 22.5 Å². The number of carbonyl (C=O) groups excluding carboxylic acids is 1. The lowest BCUT2D eigenvalue weighted by molar-refractivity contribution is -0.118. The minimum atomic E-state index is 0.0185. The van der Waals surface area contributed by atoms with Gasteiger partial charge in [-0.1, -0.05) is 11.6 Å². The summed E-state index contributed by atoms with van der Waals surface area (Å²) in [6.45, 7) is 5.14. The third-order valence-electron chi connectivity index (χ3n) is 2.94. The molecular weight excluding hydrogens is 238 g/mol. The van der Waals surface area contributed by atoms with Gasteiger partial charge in [0.05, 0.1) is 5.52 Å². The van der Waals surface area contributed by atoms with Crippen molar-refractivity contribution in [3.8, 4) is 0 Å². The summed E-state index contributed by atoms with van der Waals surface area (Å²) in [5, 5.41) is 7.32. The number of aryl methyl sites for hydroxylation is 1. The lowest BCUT2D eigenvalue weighted by atomic mass is 10.1. The van der Waals surface area contributed by atoms with E-state index >= 15 is 0 Å². The summed E-state index contributed by atoms with van der Waals surface area (Å²) in [5.41, 5.74) is 3.32. The molecule has 1 aromatic carbocycles. The van der Waals surface area contributed by atoms with Crippen molar-refractivity contribution in [3.05, 3.63) is 36.0 Å². The average Bonchev–Trinajstić information content (AvgIpc) is 2.38. The molecule has 4 nitrogen and oxygen atoms in total. The molecule has 1 amide bonds. The van der Waals surface area contributed by atoms with E-state index in [1.807, 2.05) is 18.3 Å². The monoisotopic (exact) mass is 257 g/mol. The minimum absolute atomic E-state index is 0.0185. The maximum absolute atomic E-state index is 10.7. The predicted octanol–water partition coefficient (Wildman–Crippen LogP) is 2.48. The van der Waals surface area contributed by atoms with Crippen LogP contribution in [0.5, 0.6) is 0 Å². The molecule has 1 heterocycles. The first-order chi connectivity index (χ1) is 9.16. The van der Waals surface area contributed by atoms with E-state index in [9.17, 15) is 4.79 Å². The van der Waals surface area contributed by atoms with Crippen molar-refractivity contribution in [2.75, 3.05) is 18.4 Å². The van der Waals surface area contributed by atoms with Crippen LogP contribution in [0.2, 0.25) is 0 Å². The molecule has 0 aliphatic rings. The van der Waals surface area contributed by atoms with Gasteiger partial charge < -0.3 is 10.6 Å². The molecule has 0 aliphatic heterocycles. The van der Waals surface area contributed by atoms with E-state index in [0.717, 1.165) is 29.6 Å². The molecule has 0 spiro atoms. The van der Waals surface area contributed by atoms with Gasteiger partial charge in [-0.05, 0) is 31.5 Å². The number of nitrogens with zero attached hydrogens (tertiary/aromatic N) is 1. The number of benzene rings is 1. The number of aromatic nitrogens is 1. The molecule has 2 N–H and O–H groups in total. The van der Waals surface area contributed by atoms with E-state index in [0.29, 0.717) is 6.54 Å². The van der Waals surface area contributed by atoms with Gasteiger partial charge in [-0.2, -0.15) is 0 Å². The fourth-order valence-electron chi connectivity index (χ4n) is 1.99. The summed E-state index contributed by atoms with van der Waals surface area (Å²) >= 11 is 0. The Morgan fingerprint density at radius 2 is 2.11 bits per heavy atom. The standard InChI is InChI=1S/C15H19N3O/c1-11-4-5-14-13(10-11)15(6-9-18-14)17-8-3-7-16-12(2)19/h4-6,9-10H,3,7-8H2,1-2H3,(H,16,19)(H,17,18). The van der Waals surface area contributed by atoms with Crippen LogP contribution in [0.1, 0.15) is 18.9 Å². The summed E-state index contributed by atoms with van der Waals surface area (Å²) in [6, 6.07) is 8.22. The van der Waals surface area contributed by atoms with Crippen molar-refractivity contribution in [2.24, 2.45) is 0 Å². The fraction of sp³-hybridized carbons (Fsp3) is 0.333. The van der Waals surface area contributed by atoms with Gasteiger partial charge in [-0.3, -0.25) is 9.78 Å². The topological polar surface area (TPSA) is 54.0 Å². The van der Waals surface area contributed by atoms with Crippen LogP contribution in [0.25, 0.3) is 10.9 Å². The third kappa shape index (κ3) is 3.68. The van der Waals surface area contributed by atoms with Crippen molar-refractivity contribution in [3.63, 3.8) is 0 Å². The fourth-order valence-corrected chi connectivity index (χ4v) is 1.99. The van der Waals surface area contributed by atoms with Crippen LogP contribution in [0.4, 0.5) is 5.69 Å². The Morgan fingerprint density at radius 3 is 2.89 bits per heavy atom. The van der Waals surface area contributed by atoms with Crippen LogP contribution >= 0.6 is 0 Å². The normalized spacial score (nSPS) is 10.4. The second kappa shape index (κ2) is 6.18. The predicted molar refractivity (Wildman–Crippen MR) is 78.3 cm³/mol. The second-order valence-electron chi connectivity index (χ2n) is 4.64. The number of anilines is 1. The molecule has 4 heteroatoms. The molecule has 19 heavy (non-hydrogen) atoms. The first-order valence-corrected chi connectivity index (χ1v) is 6.50. The van der Waals surface area contributed by atoms with Crippen molar-refractivity contribution in [2.45, 2.75) is 20.3 Å². The van der Waals surface area contributed by atoms with Crippen molar-refractivity contribution in [1.29, 1.82) is 0 Å². The molecule has 0 unspecified atom stereocenters. The zero-order valence-corrected chi connectivity index (χ0v) is 11.4. The number of hydrogen-bond donors (Lipinski definition) is 2. The van der Waals surface area contributed by atoms with E-state index in [1.165, 1.54) is 12.5 Å².